The molecular formula is C27H30F2N6O2. The second kappa shape index (κ2) is 9.16. The molecule has 3 fully saturated rings. The number of aromatic hydroxyl groups is 1. The maximum Gasteiger partial charge on any atom is 0.245 e. The Morgan fingerprint density at radius 1 is 1.19 bits per heavy atom. The number of hydrogen-bond acceptors (Lipinski definition) is 8. The van der Waals surface area contributed by atoms with Crippen LogP contribution in [0.2, 0.25) is 0 Å². The Kier molecular flexibility index (Phi) is 5.11. The van der Waals surface area contributed by atoms with E-state index < -0.39 is 25.0 Å². The summed E-state index contributed by atoms with van der Waals surface area (Å²) < 4.78 is 56.1. The van der Waals surface area contributed by atoms with Crippen LogP contribution < -0.4 is 15.0 Å². The Morgan fingerprint density at radius 2 is 2.05 bits per heavy atom. The topological polar surface area (TPSA) is 96.3 Å². The Labute approximate surface area is 218 Å². The quantitative estimate of drug-likeness (QED) is 0.469. The van der Waals surface area contributed by atoms with E-state index >= 15 is 4.39 Å². The van der Waals surface area contributed by atoms with Gasteiger partial charge in [0.25, 0.3) is 0 Å². The van der Waals surface area contributed by atoms with Gasteiger partial charge in [0.1, 0.15) is 17.6 Å². The fraction of sp³-hybridized carbons (Fsp3) is 0.481. The minimum absolute atomic E-state index is 0.110. The van der Waals surface area contributed by atoms with Gasteiger partial charge in [0.2, 0.25) is 17.8 Å². The highest BCUT2D eigenvalue weighted by atomic mass is 19.1. The van der Waals surface area contributed by atoms with Crippen molar-refractivity contribution in [1.82, 2.24) is 25.5 Å². The normalized spacial score (nSPS) is 28.6. The van der Waals surface area contributed by atoms with Crippen LogP contribution in [0.15, 0.2) is 36.5 Å². The average Bonchev–Trinajstić information content (AvgIpc) is 3.71. The zero-order valence-electron chi connectivity index (χ0n) is 23.4. The van der Waals surface area contributed by atoms with E-state index in [0.29, 0.717) is 29.2 Å². The number of anilines is 1. The lowest BCUT2D eigenvalue weighted by Gasteiger charge is -2.52. The summed E-state index contributed by atoms with van der Waals surface area (Å²) in [6.07, 6.45) is 5.92. The summed E-state index contributed by atoms with van der Waals surface area (Å²) in [4.78, 5) is 10.0. The van der Waals surface area contributed by atoms with Gasteiger partial charge in [-0.3, -0.25) is 0 Å². The summed E-state index contributed by atoms with van der Waals surface area (Å²) in [7, 11) is -2.78. The number of phenolic OH excluding ortho intramolecular Hbond substituents is 1. The molecule has 2 bridgehead atoms. The van der Waals surface area contributed by atoms with Crippen LogP contribution >= 0.6 is 0 Å². The fourth-order valence-electron chi connectivity index (χ4n) is 5.86. The number of fused-ring (bicyclic) bond motifs is 2. The van der Waals surface area contributed by atoms with Gasteiger partial charge in [0.05, 0.1) is 23.4 Å². The van der Waals surface area contributed by atoms with Gasteiger partial charge in [-0.2, -0.15) is 9.37 Å². The first-order valence-corrected chi connectivity index (χ1v) is 12.6. The summed E-state index contributed by atoms with van der Waals surface area (Å²) in [6, 6.07) is 6.68. The number of methoxy groups -OCH3 is 1. The highest BCUT2D eigenvalue weighted by molar-refractivity contribution is 5.74. The van der Waals surface area contributed by atoms with E-state index in [4.69, 9.17) is 8.85 Å². The lowest BCUT2D eigenvalue weighted by Crippen LogP contribution is -2.67. The van der Waals surface area contributed by atoms with Gasteiger partial charge in [0.15, 0.2) is 0 Å². The van der Waals surface area contributed by atoms with E-state index in [9.17, 15) is 9.50 Å². The predicted molar refractivity (Wildman–Crippen MR) is 135 cm³/mol. The fourth-order valence-corrected chi connectivity index (χ4v) is 5.86. The maximum atomic E-state index is 15.6. The molecule has 1 aliphatic carbocycles. The molecule has 4 heterocycles. The Bertz CT molecular complexity index is 1410. The number of alkyl halides is 1. The molecule has 3 aliphatic rings. The molecule has 1 aromatic carbocycles. The van der Waals surface area contributed by atoms with Crippen molar-refractivity contribution in [3.05, 3.63) is 42.5 Å². The maximum absolute atomic E-state index is 15.6. The van der Waals surface area contributed by atoms with Crippen molar-refractivity contribution < 1.29 is 22.7 Å². The minimum atomic E-state index is -2.78. The molecule has 3 aromatic rings. The molecule has 2 aromatic heterocycles. The van der Waals surface area contributed by atoms with E-state index in [-0.39, 0.29) is 35.0 Å². The monoisotopic (exact) mass is 511 g/mol. The number of pyridine rings is 1. The van der Waals surface area contributed by atoms with Crippen molar-refractivity contribution in [3.63, 3.8) is 0 Å². The number of rotatable bonds is 6. The van der Waals surface area contributed by atoms with E-state index in [0.717, 1.165) is 38.2 Å². The lowest BCUT2D eigenvalue weighted by atomic mass is 9.74. The summed E-state index contributed by atoms with van der Waals surface area (Å²) >= 11 is 0. The molecule has 0 spiro atoms. The zero-order chi connectivity index (χ0) is 28.2. The second-order valence-corrected chi connectivity index (χ2v) is 10.6. The summed E-state index contributed by atoms with van der Waals surface area (Å²) in [6.45, 7) is 2.17. The number of hydrogen-bond donors (Lipinski definition) is 2. The Balaban J connectivity index is 1.25. The number of nitrogens with zero attached hydrogens (tertiary/aromatic N) is 5. The number of phenols is 1. The molecule has 2 saturated heterocycles. The number of piperidine rings is 2. The first-order valence-electron chi connectivity index (χ1n) is 14.1. The Morgan fingerprint density at radius 3 is 2.78 bits per heavy atom. The molecule has 1 saturated carbocycles. The van der Waals surface area contributed by atoms with Crippen molar-refractivity contribution in [1.29, 1.82) is 0 Å². The molecular weight excluding hydrogens is 478 g/mol. The molecule has 0 amide bonds. The number of benzene rings is 1. The largest absolute Gasteiger partial charge is 0.507 e. The number of aromatic nitrogens is 4. The highest BCUT2D eigenvalue weighted by Crippen LogP contribution is 2.42. The molecule has 0 radical (unpaired) electrons. The number of nitrogens with one attached hydrogen (secondary N) is 1. The smallest absolute Gasteiger partial charge is 0.245 e. The van der Waals surface area contributed by atoms with Gasteiger partial charge in [-0.1, -0.05) is 6.07 Å². The first-order chi connectivity index (χ1) is 19.0. The van der Waals surface area contributed by atoms with Crippen LogP contribution in [0.3, 0.4) is 0 Å². The van der Waals surface area contributed by atoms with Crippen LogP contribution in [0.25, 0.3) is 22.4 Å². The van der Waals surface area contributed by atoms with Crippen LogP contribution in [0.5, 0.6) is 11.6 Å². The van der Waals surface area contributed by atoms with E-state index in [1.54, 1.807) is 12.1 Å². The average molecular weight is 512 g/mol. The minimum Gasteiger partial charge on any atom is -0.507 e. The van der Waals surface area contributed by atoms with E-state index in [1.165, 1.54) is 18.3 Å². The molecule has 10 heteroatoms. The van der Waals surface area contributed by atoms with Crippen LogP contribution in [-0.4, -0.2) is 62.1 Å². The highest BCUT2D eigenvalue weighted by Gasteiger charge is 2.50. The molecule has 2 aliphatic heterocycles. The lowest BCUT2D eigenvalue weighted by molar-refractivity contribution is 0.0582. The standard InChI is InChI=1S/C27H30F2N6O2/c1-27-9-3-4-19(32-27)25(29)21(13-27)35(17-6-7-17)26-30-14-20(33-34-26)18-8-5-15(10-22(18)36)16-11-23(28)31-24(12-16)37-2/h5,8,10-12,14,17,19,21,25,32,36H,3-4,6-7,9,13H2,1-2H3/t19-,21-,25+,27-/m0/s1/i2D3. The summed E-state index contributed by atoms with van der Waals surface area (Å²) in [5, 5.41) is 23.0. The van der Waals surface area contributed by atoms with Gasteiger partial charge in [-0.15, -0.1) is 10.2 Å². The third-order valence-corrected chi connectivity index (χ3v) is 7.75. The first kappa shape index (κ1) is 20.6. The van der Waals surface area contributed by atoms with E-state index in [1.807, 2.05) is 4.90 Å². The summed E-state index contributed by atoms with van der Waals surface area (Å²) in [5.41, 5.74) is 1.25. The van der Waals surface area contributed by atoms with Gasteiger partial charge < -0.3 is 20.1 Å². The zero-order valence-corrected chi connectivity index (χ0v) is 20.4. The molecule has 6 rings (SSSR count). The Hall–Kier alpha value is -3.40. The SMILES string of the molecule is [2H]C([2H])([2H])Oc1cc(-c2ccc(-c3cnc(N(C4CC4)[C@H]4C[C@]5(C)CCC[C@H](N5)[C@H]4F)nn3)c(O)c2)cc(F)n1. The number of halogens is 2. The third kappa shape index (κ3) is 4.58. The molecule has 0 unspecified atom stereocenters. The van der Waals surface area contributed by atoms with Gasteiger partial charge in [-0.25, -0.2) is 9.37 Å². The van der Waals surface area contributed by atoms with Crippen LogP contribution in [0.1, 0.15) is 49.6 Å². The van der Waals surface area contributed by atoms with Crippen molar-refractivity contribution in [2.24, 2.45) is 0 Å². The van der Waals surface area contributed by atoms with E-state index in [2.05, 4.69) is 32.4 Å². The second-order valence-electron chi connectivity index (χ2n) is 10.6. The van der Waals surface area contributed by atoms with Gasteiger partial charge in [0, 0.05) is 35.3 Å². The van der Waals surface area contributed by atoms with Gasteiger partial charge >= 0.3 is 0 Å². The third-order valence-electron chi connectivity index (χ3n) is 7.75. The van der Waals surface area contributed by atoms with Gasteiger partial charge in [-0.05, 0) is 68.7 Å². The summed E-state index contributed by atoms with van der Waals surface area (Å²) in [5.74, 6) is -1.09. The van der Waals surface area contributed by atoms with Crippen LogP contribution in [-0.2, 0) is 0 Å². The molecule has 2 N–H and O–H groups in total. The van der Waals surface area contributed by atoms with Crippen molar-refractivity contribution in [2.75, 3.05) is 11.9 Å². The van der Waals surface area contributed by atoms with Crippen molar-refractivity contribution >= 4 is 5.95 Å². The molecule has 8 nitrogen and oxygen atoms in total. The van der Waals surface area contributed by atoms with Crippen LogP contribution in [0.4, 0.5) is 14.7 Å². The molecule has 4 atom stereocenters. The van der Waals surface area contributed by atoms with Crippen LogP contribution in [0, 0.1) is 5.95 Å². The number of ether oxygens (including phenoxy) is 1. The molecule has 194 valence electrons. The molecule has 37 heavy (non-hydrogen) atoms. The van der Waals surface area contributed by atoms with Crippen molar-refractivity contribution in [3.8, 4) is 34.0 Å². The van der Waals surface area contributed by atoms with Crippen molar-refractivity contribution in [2.45, 2.75) is 75.3 Å². The predicted octanol–water partition coefficient (Wildman–Crippen LogP) is 4.43.